The summed E-state index contributed by atoms with van der Waals surface area (Å²) in [6.07, 6.45) is -0.431. The molecule has 2 N–H and O–H groups in total. The molecule has 8 heteroatoms. The molecule has 0 aliphatic rings. The molecule has 38 heavy (non-hydrogen) atoms. The largest absolute Gasteiger partial charge is 0.444 e. The van der Waals surface area contributed by atoms with E-state index in [2.05, 4.69) is 10.6 Å². The summed E-state index contributed by atoms with van der Waals surface area (Å²) < 4.78 is 5.39. The van der Waals surface area contributed by atoms with Gasteiger partial charge in [0, 0.05) is 5.69 Å². The molecule has 0 bridgehead atoms. The summed E-state index contributed by atoms with van der Waals surface area (Å²) in [7, 11) is 0. The van der Waals surface area contributed by atoms with Crippen molar-refractivity contribution < 1.29 is 19.1 Å². The number of anilines is 1. The molecular formula is C30H40N4O4. The number of hydrogen-bond acceptors (Lipinski definition) is 5. The zero-order valence-electron chi connectivity index (χ0n) is 23.7. The molecule has 2 rings (SSSR count). The minimum atomic E-state index is -1.10. The van der Waals surface area contributed by atoms with Gasteiger partial charge < -0.3 is 20.3 Å². The highest BCUT2D eigenvalue weighted by atomic mass is 16.6. The molecule has 0 aromatic heterocycles. The number of para-hydroxylation sites is 1. The summed E-state index contributed by atoms with van der Waals surface area (Å²) in [5.74, 6) is -0.936. The van der Waals surface area contributed by atoms with Crippen LogP contribution >= 0.6 is 0 Å². The van der Waals surface area contributed by atoms with Gasteiger partial charge in [-0.15, -0.1) is 0 Å². The van der Waals surface area contributed by atoms with Crippen molar-refractivity contribution in [2.45, 2.75) is 79.5 Å². The van der Waals surface area contributed by atoms with Crippen molar-refractivity contribution in [1.82, 2.24) is 10.2 Å². The van der Waals surface area contributed by atoms with E-state index in [1.54, 1.807) is 26.8 Å². The zero-order valence-corrected chi connectivity index (χ0v) is 23.7. The summed E-state index contributed by atoms with van der Waals surface area (Å²) in [5.41, 5.74) is 3.14. The van der Waals surface area contributed by atoms with Gasteiger partial charge in [-0.3, -0.25) is 9.59 Å². The van der Waals surface area contributed by atoms with Crippen LogP contribution in [0.2, 0.25) is 0 Å². The monoisotopic (exact) mass is 520 g/mol. The molecule has 2 atom stereocenters. The summed E-state index contributed by atoms with van der Waals surface area (Å²) in [6, 6.07) is 12.9. The Labute approximate surface area is 226 Å². The molecule has 0 spiro atoms. The van der Waals surface area contributed by atoms with Gasteiger partial charge in [0.05, 0.1) is 6.07 Å². The molecule has 0 aliphatic carbocycles. The Morgan fingerprint density at radius 3 is 2.24 bits per heavy atom. The number of nitriles is 1. The smallest absolute Gasteiger partial charge is 0.408 e. The molecule has 2 aromatic carbocycles. The van der Waals surface area contributed by atoms with E-state index in [4.69, 9.17) is 4.74 Å². The number of carbonyl (C=O) groups excluding carboxylic acids is 3. The van der Waals surface area contributed by atoms with Gasteiger partial charge in [-0.25, -0.2) is 4.79 Å². The van der Waals surface area contributed by atoms with Crippen molar-refractivity contribution >= 4 is 23.6 Å². The number of amides is 3. The van der Waals surface area contributed by atoms with Crippen LogP contribution in [-0.2, 0) is 14.3 Å². The number of alkyl carbamates (subject to hydrolysis) is 1. The fraction of sp³-hybridized carbons (Fsp3) is 0.467. The van der Waals surface area contributed by atoms with E-state index in [1.807, 2.05) is 77.1 Å². The maximum Gasteiger partial charge on any atom is 0.408 e. The molecule has 0 fully saturated rings. The number of ether oxygens (including phenoxy) is 1. The van der Waals surface area contributed by atoms with Gasteiger partial charge in [0.2, 0.25) is 5.91 Å². The minimum Gasteiger partial charge on any atom is -0.444 e. The Morgan fingerprint density at radius 1 is 1.03 bits per heavy atom. The lowest BCUT2D eigenvalue weighted by Crippen LogP contribution is -2.53. The minimum absolute atomic E-state index is 0.0446. The molecule has 204 valence electrons. The molecule has 0 radical (unpaired) electrons. The van der Waals surface area contributed by atoms with Gasteiger partial charge in [-0.1, -0.05) is 55.8 Å². The first-order chi connectivity index (χ1) is 17.7. The van der Waals surface area contributed by atoms with Crippen LogP contribution in [0.4, 0.5) is 10.5 Å². The van der Waals surface area contributed by atoms with Crippen molar-refractivity contribution in [1.29, 1.82) is 5.26 Å². The lowest BCUT2D eigenvalue weighted by atomic mass is 9.95. The second-order valence-corrected chi connectivity index (χ2v) is 11.0. The van der Waals surface area contributed by atoms with E-state index in [1.165, 1.54) is 4.90 Å². The number of benzene rings is 2. The van der Waals surface area contributed by atoms with Gasteiger partial charge in [-0.05, 0) is 76.6 Å². The van der Waals surface area contributed by atoms with Crippen LogP contribution in [0.3, 0.4) is 0 Å². The predicted octanol–water partition coefficient (Wildman–Crippen LogP) is 5.58. The van der Waals surface area contributed by atoms with Gasteiger partial charge in [-0.2, -0.15) is 5.26 Å². The van der Waals surface area contributed by atoms with Gasteiger partial charge >= 0.3 is 6.09 Å². The van der Waals surface area contributed by atoms with Gasteiger partial charge in [0.1, 0.15) is 24.2 Å². The third-order valence-corrected chi connectivity index (χ3v) is 5.90. The van der Waals surface area contributed by atoms with Gasteiger partial charge in [0.15, 0.2) is 0 Å². The number of carbonyl (C=O) groups is 3. The van der Waals surface area contributed by atoms with E-state index < -0.39 is 35.6 Å². The van der Waals surface area contributed by atoms with Crippen molar-refractivity contribution in [2.24, 2.45) is 5.92 Å². The van der Waals surface area contributed by atoms with Gasteiger partial charge in [0.25, 0.3) is 5.91 Å². The van der Waals surface area contributed by atoms with Crippen molar-refractivity contribution in [3.63, 3.8) is 0 Å². The summed E-state index contributed by atoms with van der Waals surface area (Å²) in [4.78, 5) is 41.7. The van der Waals surface area contributed by atoms with E-state index in [-0.39, 0.29) is 12.5 Å². The average molecular weight is 521 g/mol. The normalized spacial score (nSPS) is 12.7. The SMILES string of the molecule is Cc1ccc(C(C(=O)Nc2ccccc2C)N(CC#N)C(=O)C(CC(C)C)NC(=O)OC(C)(C)C)c(C)c1. The molecule has 8 nitrogen and oxygen atoms in total. The quantitative estimate of drug-likeness (QED) is 0.419. The Hall–Kier alpha value is -3.86. The zero-order chi connectivity index (χ0) is 28.6. The summed E-state index contributed by atoms with van der Waals surface area (Å²) >= 11 is 0. The molecule has 2 aromatic rings. The summed E-state index contributed by atoms with van der Waals surface area (Å²) in [6.45, 7) is 14.4. The Morgan fingerprint density at radius 2 is 1.68 bits per heavy atom. The Kier molecular flexibility index (Phi) is 10.5. The molecule has 3 amide bonds. The topological polar surface area (TPSA) is 112 Å². The lowest BCUT2D eigenvalue weighted by Gasteiger charge is -2.34. The molecule has 0 aliphatic heterocycles. The van der Waals surface area contributed by atoms with Crippen molar-refractivity contribution in [3.05, 3.63) is 64.7 Å². The maximum absolute atomic E-state index is 14.0. The molecule has 0 saturated heterocycles. The first-order valence-corrected chi connectivity index (χ1v) is 12.8. The Bertz CT molecular complexity index is 1190. The van der Waals surface area contributed by atoms with Crippen LogP contribution in [0, 0.1) is 38.0 Å². The average Bonchev–Trinajstić information content (AvgIpc) is 2.79. The molecule has 2 unspecified atom stereocenters. The number of hydrogen-bond donors (Lipinski definition) is 2. The van der Waals surface area contributed by atoms with Crippen LogP contribution in [-0.4, -0.2) is 41.0 Å². The fourth-order valence-corrected chi connectivity index (χ4v) is 4.21. The molecular weight excluding hydrogens is 480 g/mol. The lowest BCUT2D eigenvalue weighted by molar-refractivity contribution is -0.140. The van der Waals surface area contributed by atoms with Crippen molar-refractivity contribution in [3.8, 4) is 6.07 Å². The van der Waals surface area contributed by atoms with E-state index in [0.717, 1.165) is 16.7 Å². The van der Waals surface area contributed by atoms with Crippen LogP contribution in [0.15, 0.2) is 42.5 Å². The highest BCUT2D eigenvalue weighted by Gasteiger charge is 2.37. The second kappa shape index (κ2) is 13.1. The van der Waals surface area contributed by atoms with E-state index in [0.29, 0.717) is 17.7 Å². The highest BCUT2D eigenvalue weighted by molar-refractivity contribution is 5.99. The van der Waals surface area contributed by atoms with Crippen molar-refractivity contribution in [2.75, 3.05) is 11.9 Å². The number of aryl methyl sites for hydroxylation is 3. The third-order valence-electron chi connectivity index (χ3n) is 5.90. The van der Waals surface area contributed by atoms with E-state index in [9.17, 15) is 19.6 Å². The highest BCUT2D eigenvalue weighted by Crippen LogP contribution is 2.29. The van der Waals surface area contributed by atoms with Crippen LogP contribution in [0.1, 0.15) is 69.3 Å². The number of nitrogens with one attached hydrogen (secondary N) is 2. The third kappa shape index (κ3) is 8.62. The van der Waals surface area contributed by atoms with Crippen LogP contribution in [0.5, 0.6) is 0 Å². The standard InChI is InChI=1S/C30H40N4O4/c1-19(2)17-25(33-29(37)38-30(6,7)8)28(36)34(16-15-31)26(23-14-13-20(3)18-22(23)5)27(35)32-24-12-10-9-11-21(24)4/h9-14,18-19,25-26H,16-17H2,1-8H3,(H,32,35)(H,33,37). The molecule has 0 saturated carbocycles. The number of nitrogens with zero attached hydrogens (tertiary/aromatic N) is 2. The second-order valence-electron chi connectivity index (χ2n) is 11.0. The predicted molar refractivity (Wildman–Crippen MR) is 148 cm³/mol. The maximum atomic E-state index is 14.0. The number of rotatable bonds is 9. The first kappa shape index (κ1) is 30.4. The van der Waals surface area contributed by atoms with E-state index >= 15 is 0 Å². The Balaban J connectivity index is 2.56. The first-order valence-electron chi connectivity index (χ1n) is 12.8. The molecule has 0 heterocycles. The van der Waals surface area contributed by atoms with Crippen LogP contribution < -0.4 is 10.6 Å². The summed E-state index contributed by atoms with van der Waals surface area (Å²) in [5, 5.41) is 15.3. The van der Waals surface area contributed by atoms with Crippen LogP contribution in [0.25, 0.3) is 0 Å². The fourth-order valence-electron chi connectivity index (χ4n) is 4.21.